The zero-order chi connectivity index (χ0) is 25.1. The van der Waals surface area contributed by atoms with Crippen molar-refractivity contribution in [3.8, 4) is 0 Å². The number of rotatable bonds is 7. The number of carbonyl (C=O) groups is 3. The molecular formula is C25H28AlN5O4. The Bertz CT molecular complexity index is 1150. The minimum atomic E-state index is -0.811. The van der Waals surface area contributed by atoms with Crippen molar-refractivity contribution in [1.82, 2.24) is 15.1 Å². The SMILES string of the molecule is CC(C)[C@@H](C(=O)N1C[C@H](O)C[C@H]1C(=O)NCc1cccc(N=[N][Al])c1)N1Cc2ccccc2C1=O. The highest BCUT2D eigenvalue weighted by molar-refractivity contribution is 6.05. The first-order valence-corrected chi connectivity index (χ1v) is 12.2. The smallest absolute Gasteiger partial charge is 0.386 e. The molecule has 4 rings (SSSR count). The molecule has 2 aliphatic heterocycles. The zero-order valence-corrected chi connectivity index (χ0v) is 20.9. The van der Waals surface area contributed by atoms with Crippen molar-refractivity contribution in [3.63, 3.8) is 0 Å². The molecule has 1 fully saturated rings. The monoisotopic (exact) mass is 489 g/mol. The highest BCUT2D eigenvalue weighted by atomic mass is 27.1. The number of likely N-dealkylation sites (tertiary alicyclic amines) is 1. The van der Waals surface area contributed by atoms with Gasteiger partial charge in [0.25, 0.3) is 5.91 Å². The second-order valence-electron chi connectivity index (χ2n) is 9.28. The maximum absolute atomic E-state index is 13.7. The second kappa shape index (κ2) is 10.7. The van der Waals surface area contributed by atoms with Crippen LogP contribution >= 0.6 is 0 Å². The quantitative estimate of drug-likeness (QED) is 0.458. The summed E-state index contributed by atoms with van der Waals surface area (Å²) >= 11 is 2.17. The normalized spacial score (nSPS) is 20.5. The van der Waals surface area contributed by atoms with Crippen LogP contribution in [0.3, 0.4) is 0 Å². The van der Waals surface area contributed by atoms with Gasteiger partial charge in [-0.05, 0) is 35.2 Å². The molecule has 10 heteroatoms. The van der Waals surface area contributed by atoms with Gasteiger partial charge in [-0.1, -0.05) is 44.2 Å². The maximum Gasteiger partial charge on any atom is 0.386 e. The van der Waals surface area contributed by atoms with Gasteiger partial charge in [0.1, 0.15) is 12.1 Å². The number of fused-ring (bicyclic) bond motifs is 1. The molecule has 0 bridgehead atoms. The van der Waals surface area contributed by atoms with Crippen molar-refractivity contribution in [2.75, 3.05) is 6.54 Å². The molecule has 0 spiro atoms. The van der Waals surface area contributed by atoms with Gasteiger partial charge in [0.05, 0.1) is 11.8 Å². The minimum absolute atomic E-state index is 0.0547. The molecule has 0 aromatic heterocycles. The zero-order valence-electron chi connectivity index (χ0n) is 19.8. The number of nitrogens with one attached hydrogen (secondary N) is 1. The molecule has 2 radical (unpaired) electrons. The third-order valence-electron chi connectivity index (χ3n) is 6.48. The first-order valence-electron chi connectivity index (χ1n) is 11.6. The fourth-order valence-corrected chi connectivity index (χ4v) is 4.99. The summed E-state index contributed by atoms with van der Waals surface area (Å²) in [5, 5.41) is 17.2. The van der Waals surface area contributed by atoms with Crippen LogP contribution in [0.25, 0.3) is 0 Å². The van der Waals surface area contributed by atoms with E-state index >= 15 is 0 Å². The van der Waals surface area contributed by atoms with Crippen LogP contribution in [0.4, 0.5) is 5.69 Å². The summed E-state index contributed by atoms with van der Waals surface area (Å²) in [6, 6.07) is 13.1. The van der Waals surface area contributed by atoms with E-state index in [1.807, 2.05) is 50.2 Å². The van der Waals surface area contributed by atoms with Gasteiger partial charge < -0.3 is 24.3 Å². The van der Waals surface area contributed by atoms with Gasteiger partial charge in [-0.2, -0.15) is 5.11 Å². The molecule has 2 N–H and O–H groups in total. The Balaban J connectivity index is 1.49. The van der Waals surface area contributed by atoms with E-state index in [9.17, 15) is 19.5 Å². The topological polar surface area (TPSA) is 115 Å². The van der Waals surface area contributed by atoms with E-state index in [-0.39, 0.29) is 43.1 Å². The average Bonchev–Trinajstić information content (AvgIpc) is 3.38. The molecule has 2 aromatic carbocycles. The summed E-state index contributed by atoms with van der Waals surface area (Å²) in [4.78, 5) is 42.9. The van der Waals surface area contributed by atoms with Crippen LogP contribution in [0, 0.1) is 5.92 Å². The van der Waals surface area contributed by atoms with Crippen LogP contribution in [0.1, 0.15) is 41.8 Å². The Labute approximate surface area is 212 Å². The van der Waals surface area contributed by atoms with Gasteiger partial charge in [0.15, 0.2) is 0 Å². The number of hydrogen-bond acceptors (Lipinski definition) is 6. The third kappa shape index (κ3) is 5.30. The van der Waals surface area contributed by atoms with Crippen molar-refractivity contribution in [1.29, 1.82) is 0 Å². The largest absolute Gasteiger partial charge is 0.391 e. The molecule has 2 aliphatic rings. The highest BCUT2D eigenvalue weighted by Gasteiger charge is 2.45. The lowest BCUT2D eigenvalue weighted by Gasteiger charge is -2.35. The van der Waals surface area contributed by atoms with E-state index in [0.29, 0.717) is 17.8 Å². The van der Waals surface area contributed by atoms with Gasteiger partial charge in [0.2, 0.25) is 11.8 Å². The van der Waals surface area contributed by atoms with Gasteiger partial charge in [-0.15, -0.1) is 0 Å². The number of nitrogens with zero attached hydrogens (tertiary/aromatic N) is 4. The van der Waals surface area contributed by atoms with Crippen LogP contribution in [0.2, 0.25) is 0 Å². The van der Waals surface area contributed by atoms with Gasteiger partial charge in [-0.3, -0.25) is 14.4 Å². The lowest BCUT2D eigenvalue weighted by Crippen LogP contribution is -2.55. The molecule has 3 atom stereocenters. The summed E-state index contributed by atoms with van der Waals surface area (Å²) < 4.78 is 3.68. The molecule has 0 aliphatic carbocycles. The van der Waals surface area contributed by atoms with E-state index in [4.69, 9.17) is 0 Å². The molecule has 1 saturated heterocycles. The number of amides is 3. The average molecular weight is 490 g/mol. The Hall–Kier alpha value is -3.06. The molecule has 2 aromatic rings. The van der Waals surface area contributed by atoms with Crippen molar-refractivity contribution in [2.24, 2.45) is 15.1 Å². The first-order chi connectivity index (χ1) is 16.8. The van der Waals surface area contributed by atoms with Crippen LogP contribution in [0.5, 0.6) is 0 Å². The molecule has 180 valence electrons. The van der Waals surface area contributed by atoms with E-state index in [1.54, 1.807) is 17.0 Å². The first kappa shape index (κ1) is 25.0. The summed E-state index contributed by atoms with van der Waals surface area (Å²) in [6.07, 6.45) is -0.655. The van der Waals surface area contributed by atoms with Gasteiger partial charge in [-0.25, -0.2) is 0 Å². The highest BCUT2D eigenvalue weighted by Crippen LogP contribution is 2.30. The van der Waals surface area contributed by atoms with Crippen LogP contribution in [-0.2, 0) is 22.7 Å². The number of β-amino-alcohol motifs (C(OH)–C–C–N with tert-alkyl or cyclic N) is 1. The minimum Gasteiger partial charge on any atom is -0.391 e. The molecule has 9 nitrogen and oxygen atoms in total. The summed E-state index contributed by atoms with van der Waals surface area (Å²) in [5.74, 6) is -1.01. The number of aliphatic hydroxyl groups is 1. The molecule has 2 heterocycles. The van der Waals surface area contributed by atoms with E-state index in [2.05, 4.69) is 31.0 Å². The fourth-order valence-electron chi connectivity index (χ4n) is 4.86. The molecule has 0 saturated carbocycles. The van der Waals surface area contributed by atoms with Crippen LogP contribution in [-0.4, -0.2) is 73.9 Å². The summed E-state index contributed by atoms with van der Waals surface area (Å²) in [7, 11) is 0. The Morgan fingerprint density at radius 3 is 2.69 bits per heavy atom. The number of carbonyl (C=O) groups excluding carboxylic acids is 3. The van der Waals surface area contributed by atoms with Gasteiger partial charge >= 0.3 is 16.5 Å². The van der Waals surface area contributed by atoms with Crippen molar-refractivity contribution >= 4 is 39.9 Å². The fraction of sp³-hybridized carbons (Fsp3) is 0.400. The summed E-state index contributed by atoms with van der Waals surface area (Å²) in [5.41, 5.74) is 2.99. The number of hydrogen-bond donors (Lipinski definition) is 2. The van der Waals surface area contributed by atoms with E-state index in [1.165, 1.54) is 4.90 Å². The maximum atomic E-state index is 13.7. The Morgan fingerprint density at radius 1 is 1.20 bits per heavy atom. The third-order valence-corrected chi connectivity index (χ3v) is 6.60. The van der Waals surface area contributed by atoms with Gasteiger partial charge in [0, 0.05) is 31.6 Å². The predicted octanol–water partition coefficient (Wildman–Crippen LogP) is 2.11. The van der Waals surface area contributed by atoms with E-state index < -0.39 is 18.2 Å². The standard InChI is InChI=1S/C25H28N5O4.Al/c1-15(2)22(30-13-17-7-3-4-9-20(17)24(30)33)25(34)29-14-19(31)11-21(29)23(32)27-12-16-6-5-8-18(10-16)28-26;/h3-10,15,19,21-22,31H,11-14H2,1-2H3,(H,27,32);/q-1;+1/t19-,21+,22+;/m1./s1. The number of aliphatic hydroxyl groups excluding tert-OH is 1. The number of benzene rings is 2. The van der Waals surface area contributed by atoms with Crippen LogP contribution < -0.4 is 5.32 Å². The van der Waals surface area contributed by atoms with Crippen molar-refractivity contribution in [3.05, 3.63) is 65.2 Å². The molecule has 3 amide bonds. The Kier molecular flexibility index (Phi) is 7.65. The molecule has 0 unspecified atom stereocenters. The Morgan fingerprint density at radius 2 is 1.97 bits per heavy atom. The van der Waals surface area contributed by atoms with Crippen LogP contribution in [0.15, 0.2) is 57.7 Å². The van der Waals surface area contributed by atoms with Crippen molar-refractivity contribution in [2.45, 2.75) is 51.5 Å². The van der Waals surface area contributed by atoms with Crippen molar-refractivity contribution < 1.29 is 19.5 Å². The molecule has 35 heavy (non-hydrogen) atoms. The lowest BCUT2D eigenvalue weighted by atomic mass is 10.0. The van der Waals surface area contributed by atoms with E-state index in [0.717, 1.165) is 11.1 Å². The second-order valence-corrected chi connectivity index (χ2v) is 9.51. The summed E-state index contributed by atoms with van der Waals surface area (Å²) in [6.45, 7) is 4.43. The lowest BCUT2D eigenvalue weighted by molar-refractivity contribution is -0.143. The predicted molar refractivity (Wildman–Crippen MR) is 130 cm³/mol. The molecular weight excluding hydrogens is 461 g/mol.